The Balaban J connectivity index is 4.04. The predicted octanol–water partition coefficient (Wildman–Crippen LogP) is 0.805. The van der Waals surface area contributed by atoms with E-state index in [4.69, 9.17) is 5.11 Å². The molecule has 0 aromatic rings. The molecule has 14 heavy (non-hydrogen) atoms. The molecule has 0 heterocycles. The first-order valence-electron chi connectivity index (χ1n) is 4.76. The summed E-state index contributed by atoms with van der Waals surface area (Å²) in [6.45, 7) is 5.98. The second kappa shape index (κ2) is 6.23. The Morgan fingerprint density at radius 1 is 1.36 bits per heavy atom. The third kappa shape index (κ3) is 4.69. The van der Waals surface area contributed by atoms with Crippen molar-refractivity contribution < 1.29 is 14.7 Å². The zero-order valence-corrected chi connectivity index (χ0v) is 8.83. The summed E-state index contributed by atoms with van der Waals surface area (Å²) in [6.07, 6.45) is 0.826. The molecule has 2 amide bonds. The summed E-state index contributed by atoms with van der Waals surface area (Å²) in [4.78, 5) is 21.8. The Kier molecular flexibility index (Phi) is 5.67. The van der Waals surface area contributed by atoms with Crippen LogP contribution in [0.1, 0.15) is 27.2 Å². The lowest BCUT2D eigenvalue weighted by Gasteiger charge is -2.17. The van der Waals surface area contributed by atoms with Crippen molar-refractivity contribution in [1.82, 2.24) is 10.6 Å². The van der Waals surface area contributed by atoms with Crippen LogP contribution in [0.3, 0.4) is 0 Å². The summed E-state index contributed by atoms with van der Waals surface area (Å²) in [5.74, 6) is -1.13. The smallest absolute Gasteiger partial charge is 0.326 e. The summed E-state index contributed by atoms with van der Waals surface area (Å²) >= 11 is 0. The van der Waals surface area contributed by atoms with Gasteiger partial charge in [0.05, 0.1) is 0 Å². The van der Waals surface area contributed by atoms with Crippen LogP contribution in [0.2, 0.25) is 0 Å². The number of hydrogen-bond donors (Lipinski definition) is 3. The second-order valence-corrected chi connectivity index (χ2v) is 3.46. The van der Waals surface area contributed by atoms with Crippen LogP contribution in [0, 0.1) is 5.92 Å². The maximum atomic E-state index is 11.1. The van der Waals surface area contributed by atoms with Gasteiger partial charge in [-0.05, 0) is 12.3 Å². The van der Waals surface area contributed by atoms with E-state index in [0.717, 1.165) is 6.42 Å². The number of hydrogen-bond acceptors (Lipinski definition) is 2. The summed E-state index contributed by atoms with van der Waals surface area (Å²) in [5.41, 5.74) is 0. The molecule has 5 heteroatoms. The average Bonchev–Trinajstić information content (AvgIpc) is 2.09. The van der Waals surface area contributed by atoms with Crippen molar-refractivity contribution in [3.8, 4) is 0 Å². The maximum Gasteiger partial charge on any atom is 0.326 e. The van der Waals surface area contributed by atoms with Gasteiger partial charge in [0.15, 0.2) is 0 Å². The lowest BCUT2D eigenvalue weighted by Crippen LogP contribution is -2.48. The summed E-state index contributed by atoms with van der Waals surface area (Å²) in [6, 6.07) is -1.25. The molecule has 0 aromatic carbocycles. The van der Waals surface area contributed by atoms with E-state index in [1.807, 2.05) is 6.92 Å². The van der Waals surface area contributed by atoms with Crippen LogP contribution in [0.25, 0.3) is 0 Å². The molecule has 0 aliphatic carbocycles. The van der Waals surface area contributed by atoms with Gasteiger partial charge < -0.3 is 15.7 Å². The van der Waals surface area contributed by atoms with E-state index in [2.05, 4.69) is 10.6 Å². The normalized spacial score (nSPS) is 12.3. The standard InChI is InChI=1S/C9H18N2O3/c1-4-5-10-9(14)11-7(6(2)3)8(12)13/h6-7H,4-5H2,1-3H3,(H,12,13)(H2,10,11,14). The molecule has 1 unspecified atom stereocenters. The van der Waals surface area contributed by atoms with Crippen LogP contribution in [0.4, 0.5) is 4.79 Å². The lowest BCUT2D eigenvalue weighted by molar-refractivity contribution is -0.140. The fourth-order valence-corrected chi connectivity index (χ4v) is 0.944. The molecule has 1 atom stereocenters. The molecular formula is C9H18N2O3. The highest BCUT2D eigenvalue weighted by atomic mass is 16.4. The Hall–Kier alpha value is -1.26. The van der Waals surface area contributed by atoms with Crippen LogP contribution < -0.4 is 10.6 Å². The molecule has 0 saturated heterocycles. The van der Waals surface area contributed by atoms with Crippen molar-refractivity contribution >= 4 is 12.0 Å². The van der Waals surface area contributed by atoms with Crippen molar-refractivity contribution in [2.75, 3.05) is 6.54 Å². The van der Waals surface area contributed by atoms with Gasteiger partial charge in [0.25, 0.3) is 0 Å². The third-order valence-electron chi connectivity index (χ3n) is 1.75. The highest BCUT2D eigenvalue weighted by molar-refractivity contribution is 5.82. The van der Waals surface area contributed by atoms with Gasteiger partial charge in [0.2, 0.25) is 0 Å². The van der Waals surface area contributed by atoms with E-state index in [1.165, 1.54) is 0 Å². The van der Waals surface area contributed by atoms with E-state index in [0.29, 0.717) is 6.54 Å². The minimum absolute atomic E-state index is 0.125. The fourth-order valence-electron chi connectivity index (χ4n) is 0.944. The van der Waals surface area contributed by atoms with Crippen molar-refractivity contribution in [3.63, 3.8) is 0 Å². The highest BCUT2D eigenvalue weighted by Gasteiger charge is 2.22. The minimum atomic E-state index is -1.01. The molecule has 0 fully saturated rings. The summed E-state index contributed by atoms with van der Waals surface area (Å²) in [7, 11) is 0. The Morgan fingerprint density at radius 3 is 2.29 bits per heavy atom. The monoisotopic (exact) mass is 202 g/mol. The van der Waals surface area contributed by atoms with Crippen molar-refractivity contribution in [1.29, 1.82) is 0 Å². The first kappa shape index (κ1) is 12.7. The number of amides is 2. The van der Waals surface area contributed by atoms with Gasteiger partial charge in [0, 0.05) is 6.54 Å². The Morgan fingerprint density at radius 2 is 1.93 bits per heavy atom. The first-order chi connectivity index (χ1) is 6.49. The van der Waals surface area contributed by atoms with Crippen LogP contribution in [-0.4, -0.2) is 29.7 Å². The number of carboxylic acid groups (broad SMARTS) is 1. The topological polar surface area (TPSA) is 78.4 Å². The van der Waals surface area contributed by atoms with Crippen LogP contribution >= 0.6 is 0 Å². The van der Waals surface area contributed by atoms with Crippen LogP contribution in [0.15, 0.2) is 0 Å². The molecule has 0 rings (SSSR count). The molecule has 3 N–H and O–H groups in total. The van der Waals surface area contributed by atoms with Crippen LogP contribution in [-0.2, 0) is 4.79 Å². The molecule has 0 aromatic heterocycles. The third-order valence-corrected chi connectivity index (χ3v) is 1.75. The largest absolute Gasteiger partial charge is 0.480 e. The molecule has 0 aliphatic heterocycles. The minimum Gasteiger partial charge on any atom is -0.480 e. The molecule has 0 aliphatic rings. The van der Waals surface area contributed by atoms with Gasteiger partial charge in [-0.3, -0.25) is 0 Å². The van der Waals surface area contributed by atoms with Gasteiger partial charge >= 0.3 is 12.0 Å². The maximum absolute atomic E-state index is 11.1. The highest BCUT2D eigenvalue weighted by Crippen LogP contribution is 2.00. The number of carboxylic acids is 1. The lowest BCUT2D eigenvalue weighted by atomic mass is 10.1. The van der Waals surface area contributed by atoms with Crippen molar-refractivity contribution in [3.05, 3.63) is 0 Å². The molecular weight excluding hydrogens is 184 g/mol. The summed E-state index contributed by atoms with van der Waals surface area (Å²) in [5, 5.41) is 13.7. The van der Waals surface area contributed by atoms with E-state index < -0.39 is 18.0 Å². The Bertz CT molecular complexity index is 204. The fraction of sp³-hybridized carbons (Fsp3) is 0.778. The molecule has 5 nitrogen and oxygen atoms in total. The molecule has 0 spiro atoms. The van der Waals surface area contributed by atoms with E-state index in [9.17, 15) is 9.59 Å². The SMILES string of the molecule is CCCNC(=O)NC(C(=O)O)C(C)C. The molecule has 0 radical (unpaired) electrons. The molecule has 0 bridgehead atoms. The Labute approximate surface area is 83.9 Å². The number of carbonyl (C=O) groups is 2. The van der Waals surface area contributed by atoms with Gasteiger partial charge in [-0.15, -0.1) is 0 Å². The molecule has 0 saturated carbocycles. The van der Waals surface area contributed by atoms with E-state index in [1.54, 1.807) is 13.8 Å². The van der Waals surface area contributed by atoms with Crippen LogP contribution in [0.5, 0.6) is 0 Å². The van der Waals surface area contributed by atoms with E-state index in [-0.39, 0.29) is 5.92 Å². The number of rotatable bonds is 5. The van der Waals surface area contributed by atoms with Gasteiger partial charge in [0.1, 0.15) is 6.04 Å². The predicted molar refractivity (Wildman–Crippen MR) is 53.1 cm³/mol. The zero-order valence-electron chi connectivity index (χ0n) is 8.83. The average molecular weight is 202 g/mol. The van der Waals surface area contributed by atoms with Gasteiger partial charge in [-0.2, -0.15) is 0 Å². The van der Waals surface area contributed by atoms with E-state index >= 15 is 0 Å². The zero-order chi connectivity index (χ0) is 11.1. The number of carbonyl (C=O) groups excluding carboxylic acids is 1. The first-order valence-corrected chi connectivity index (χ1v) is 4.76. The molecule has 82 valence electrons. The second-order valence-electron chi connectivity index (χ2n) is 3.46. The quantitative estimate of drug-likeness (QED) is 0.617. The number of nitrogens with one attached hydrogen (secondary N) is 2. The van der Waals surface area contributed by atoms with Gasteiger partial charge in [-0.1, -0.05) is 20.8 Å². The number of urea groups is 1. The number of aliphatic carboxylic acids is 1. The van der Waals surface area contributed by atoms with Crippen molar-refractivity contribution in [2.24, 2.45) is 5.92 Å². The van der Waals surface area contributed by atoms with Gasteiger partial charge in [-0.25, -0.2) is 9.59 Å². The van der Waals surface area contributed by atoms with Crippen molar-refractivity contribution in [2.45, 2.75) is 33.2 Å². The summed E-state index contributed by atoms with van der Waals surface area (Å²) < 4.78 is 0.